The number of phenolic OH excluding ortho intramolecular Hbond substituents is 1. The van der Waals surface area contributed by atoms with E-state index in [1.807, 2.05) is 0 Å². The quantitative estimate of drug-likeness (QED) is 0.0841. The molecule has 2 N–H and O–H groups in total. The molecule has 0 aliphatic heterocycles. The first-order valence-electron chi connectivity index (χ1n) is 33.6. The van der Waals surface area contributed by atoms with Crippen molar-refractivity contribution in [3.8, 4) is 28.3 Å². The highest BCUT2D eigenvalue weighted by Gasteiger charge is 2.48. The number of aliphatic hydroxyl groups is 1. The highest BCUT2D eigenvalue weighted by molar-refractivity contribution is 6.11. The van der Waals surface area contributed by atoms with E-state index in [1.54, 1.807) is 0 Å². The van der Waals surface area contributed by atoms with Crippen LogP contribution >= 0.6 is 0 Å². The third-order valence-electron chi connectivity index (χ3n) is 19.3. The van der Waals surface area contributed by atoms with Crippen LogP contribution in [0.4, 0.5) is 0 Å². The van der Waals surface area contributed by atoms with Gasteiger partial charge in [0.1, 0.15) is 17.5 Å². The Labute approximate surface area is 546 Å². The molecule has 1 aliphatic rings. The molecule has 0 saturated carbocycles. The topological polar surface area (TPSA) is 68.8 Å². The van der Waals surface area contributed by atoms with E-state index in [-0.39, 0.29) is 55.7 Å². The summed E-state index contributed by atoms with van der Waals surface area (Å²) >= 11 is 0. The molecule has 10 rings (SSSR count). The van der Waals surface area contributed by atoms with Crippen LogP contribution in [0.25, 0.3) is 66.0 Å². The van der Waals surface area contributed by atoms with Crippen molar-refractivity contribution in [2.75, 3.05) is 13.2 Å². The number of benzene rings is 7. The number of aromatic nitrogens is 2. The number of rotatable bonds is 14. The van der Waals surface area contributed by atoms with E-state index < -0.39 is 11.8 Å². The van der Waals surface area contributed by atoms with Gasteiger partial charge in [-0.1, -0.05) is 231 Å². The van der Waals surface area contributed by atoms with E-state index in [0.717, 1.165) is 90.3 Å². The van der Waals surface area contributed by atoms with Crippen molar-refractivity contribution < 1.29 is 19.7 Å². The summed E-state index contributed by atoms with van der Waals surface area (Å²) in [5.74, 6) is -0.925. The maximum atomic E-state index is 14.3. The summed E-state index contributed by atoms with van der Waals surface area (Å²) in [7, 11) is 0. The van der Waals surface area contributed by atoms with Crippen LogP contribution in [0.3, 0.4) is 0 Å². The molecule has 2 heterocycles. The van der Waals surface area contributed by atoms with E-state index in [4.69, 9.17) is 9.47 Å². The molecule has 0 fully saturated rings. The summed E-state index contributed by atoms with van der Waals surface area (Å²) in [4.78, 5) is 0. The predicted molar refractivity (Wildman–Crippen MR) is 389 cm³/mol. The molecule has 91 heavy (non-hydrogen) atoms. The SMILES string of the molecule is Cc1cccc(C2=CC(C(C)(C)CC(C)(C)C)=CC(n3c4ccc(C(C)(C)C)cc4c4cc(C(C)(C)C)ccc43)C2(O)OCCCOc2c(C)cccc2-c2cc(C(C)(C)CC(C)(C)C)cc(-n3c4ccc(C(C)(C)C)cc4c4cc(C(C)(C)C)ccc43)c2O)c1. The zero-order valence-electron chi connectivity index (χ0n) is 60.0. The summed E-state index contributed by atoms with van der Waals surface area (Å²) in [6.07, 6.45) is 6.88. The Morgan fingerprint density at radius 2 is 0.934 bits per heavy atom. The first kappa shape index (κ1) is 67.0. The van der Waals surface area contributed by atoms with E-state index >= 15 is 0 Å². The lowest BCUT2D eigenvalue weighted by Crippen LogP contribution is -2.45. The Morgan fingerprint density at radius 3 is 1.41 bits per heavy atom. The number of nitrogens with zero attached hydrogens (tertiary/aromatic N) is 2. The van der Waals surface area contributed by atoms with Gasteiger partial charge in [0.25, 0.3) is 0 Å². The average Bonchev–Trinajstić information content (AvgIpc) is 1.64. The Kier molecular flexibility index (Phi) is 17.2. The van der Waals surface area contributed by atoms with Crippen LogP contribution in [-0.4, -0.2) is 38.3 Å². The number of fused-ring (bicyclic) bond motifs is 6. The van der Waals surface area contributed by atoms with Crippen molar-refractivity contribution in [2.45, 2.75) is 224 Å². The van der Waals surface area contributed by atoms with Crippen molar-refractivity contribution >= 4 is 49.2 Å². The van der Waals surface area contributed by atoms with Crippen molar-refractivity contribution in [3.63, 3.8) is 0 Å². The van der Waals surface area contributed by atoms with E-state index in [9.17, 15) is 10.2 Å². The normalized spacial score (nSPS) is 16.8. The Hall–Kier alpha value is -6.86. The summed E-state index contributed by atoms with van der Waals surface area (Å²) in [6.45, 7) is 55.3. The van der Waals surface area contributed by atoms with Gasteiger partial charge in [-0.05, 0) is 181 Å². The number of allylic oxidation sites excluding steroid dienone is 2. The largest absolute Gasteiger partial charge is 0.505 e. The Morgan fingerprint density at radius 1 is 0.473 bits per heavy atom. The minimum Gasteiger partial charge on any atom is -0.505 e. The maximum Gasteiger partial charge on any atom is 0.218 e. The number of hydrogen-bond donors (Lipinski definition) is 2. The molecule has 0 bridgehead atoms. The lowest BCUT2D eigenvalue weighted by atomic mass is 9.68. The molecule has 1 aliphatic carbocycles. The Bertz CT molecular complexity index is 4170. The molecule has 0 amide bonds. The van der Waals surface area contributed by atoms with Crippen LogP contribution < -0.4 is 4.74 Å². The molecule has 0 radical (unpaired) electrons. The third kappa shape index (κ3) is 13.4. The van der Waals surface area contributed by atoms with E-state index in [1.165, 1.54) is 38.6 Å². The van der Waals surface area contributed by atoms with Gasteiger partial charge in [0.15, 0.2) is 0 Å². The number of ether oxygens (including phenoxy) is 2. The van der Waals surface area contributed by atoms with Crippen LogP contribution in [0.15, 0.2) is 145 Å². The standard InChI is InChI=1S/C85H108N2O4/c1-53-28-25-30-55(42-53)68-48-61(84(23,24)52-78(6,7)8)50-74(87-71-38-34-58(81(15,16)17)45-65(71)66-46-59(82(18,19)20)35-39-72(66)87)85(68,89)91-41-27-40-90-76-54(2)29-26-31-62(76)67-47-60(83(21,22)51-77(3,4)5)49-73(75(67)88)86-69-36-32-56(79(9,10)11)43-63(69)64-44-57(80(12,13)14)33-37-70(64)86/h25-26,28-39,42-50,74,88-89H,27,40-41,51-52H2,1-24H3. The van der Waals surface area contributed by atoms with Crippen molar-refractivity contribution in [1.82, 2.24) is 9.13 Å². The summed E-state index contributed by atoms with van der Waals surface area (Å²) in [5.41, 5.74) is 16.8. The fourth-order valence-corrected chi connectivity index (χ4v) is 14.9. The summed E-state index contributed by atoms with van der Waals surface area (Å²) < 4.78 is 19.1. The van der Waals surface area contributed by atoms with Gasteiger partial charge in [0.2, 0.25) is 5.79 Å². The van der Waals surface area contributed by atoms with Gasteiger partial charge in [0.05, 0.1) is 29.9 Å². The predicted octanol–water partition coefficient (Wildman–Crippen LogP) is 23.0. The van der Waals surface area contributed by atoms with Crippen LogP contribution in [0, 0.1) is 30.1 Å². The van der Waals surface area contributed by atoms with Crippen LogP contribution in [0.5, 0.6) is 11.5 Å². The van der Waals surface area contributed by atoms with Crippen LogP contribution in [-0.2, 0) is 31.8 Å². The summed E-state index contributed by atoms with van der Waals surface area (Å²) in [6, 6.07) is 46.2. The van der Waals surface area contributed by atoms with Crippen LogP contribution in [0.1, 0.15) is 222 Å². The van der Waals surface area contributed by atoms with Gasteiger partial charge < -0.3 is 28.8 Å². The molecule has 0 spiro atoms. The molecular weight excluding hydrogens is 1110 g/mol. The zero-order chi connectivity index (χ0) is 66.7. The van der Waals surface area contributed by atoms with Gasteiger partial charge >= 0.3 is 0 Å². The number of para-hydroxylation sites is 1. The number of aryl methyl sites for hydroxylation is 2. The second kappa shape index (κ2) is 23.3. The van der Waals surface area contributed by atoms with Crippen molar-refractivity contribution in [2.24, 2.45) is 16.2 Å². The van der Waals surface area contributed by atoms with Crippen LogP contribution in [0.2, 0.25) is 0 Å². The van der Waals surface area contributed by atoms with Gasteiger partial charge in [-0.15, -0.1) is 0 Å². The molecular formula is C85H108N2O4. The first-order valence-corrected chi connectivity index (χ1v) is 33.6. The molecule has 9 aromatic rings. The maximum absolute atomic E-state index is 14.3. The Balaban J connectivity index is 1.09. The van der Waals surface area contributed by atoms with Gasteiger partial charge in [-0.3, -0.25) is 0 Å². The van der Waals surface area contributed by atoms with Crippen molar-refractivity contribution in [3.05, 3.63) is 190 Å². The van der Waals surface area contributed by atoms with Crippen molar-refractivity contribution in [1.29, 1.82) is 0 Å². The minimum atomic E-state index is -1.83. The highest BCUT2D eigenvalue weighted by Crippen LogP contribution is 2.53. The molecule has 2 aromatic heterocycles. The number of hydrogen-bond acceptors (Lipinski definition) is 4. The van der Waals surface area contributed by atoms with E-state index in [2.05, 4.69) is 315 Å². The van der Waals surface area contributed by atoms with Gasteiger partial charge in [-0.2, -0.15) is 0 Å². The average molecular weight is 1220 g/mol. The molecule has 2 unspecified atom stereocenters. The second-order valence-electron chi connectivity index (χ2n) is 35.0. The number of aromatic hydroxyl groups is 1. The minimum absolute atomic E-state index is 0.0273. The summed E-state index contributed by atoms with van der Waals surface area (Å²) in [5, 5.41) is 32.2. The first-order chi connectivity index (χ1) is 42.0. The molecule has 0 saturated heterocycles. The second-order valence-corrected chi connectivity index (χ2v) is 35.0. The molecule has 6 heteroatoms. The monoisotopic (exact) mass is 1220 g/mol. The van der Waals surface area contributed by atoms with E-state index in [0.29, 0.717) is 18.8 Å². The van der Waals surface area contributed by atoms with Gasteiger partial charge in [-0.25, -0.2) is 0 Å². The lowest BCUT2D eigenvalue weighted by Gasteiger charge is -2.44. The highest BCUT2D eigenvalue weighted by atomic mass is 16.6. The fraction of sp³-hybridized carbons (Fsp3) is 0.459. The molecule has 6 nitrogen and oxygen atoms in total. The fourth-order valence-electron chi connectivity index (χ4n) is 14.9. The zero-order valence-corrected chi connectivity index (χ0v) is 60.0. The smallest absolute Gasteiger partial charge is 0.218 e. The number of phenols is 1. The molecule has 2 atom stereocenters. The third-order valence-corrected chi connectivity index (χ3v) is 19.3. The molecule has 482 valence electrons. The van der Waals surface area contributed by atoms with Gasteiger partial charge in [0, 0.05) is 55.7 Å². The molecule has 7 aromatic carbocycles. The lowest BCUT2D eigenvalue weighted by molar-refractivity contribution is -0.179.